The van der Waals surface area contributed by atoms with Crippen molar-refractivity contribution in [2.75, 3.05) is 11.8 Å². The molecule has 0 aliphatic rings. The first-order chi connectivity index (χ1) is 11.9. The van der Waals surface area contributed by atoms with Crippen LogP contribution >= 0.6 is 11.3 Å². The third-order valence-corrected chi connectivity index (χ3v) is 6.59. The Morgan fingerprint density at radius 3 is 2.48 bits per heavy atom. The lowest BCUT2D eigenvalue weighted by Crippen LogP contribution is -2.12. The van der Waals surface area contributed by atoms with Crippen molar-refractivity contribution in [1.29, 1.82) is 0 Å². The molecule has 3 rings (SSSR count). The van der Waals surface area contributed by atoms with Gasteiger partial charge >= 0.3 is 0 Å². The molecule has 5 nitrogen and oxygen atoms in total. The molecule has 0 spiro atoms. The zero-order chi connectivity index (χ0) is 18.0. The largest absolute Gasteiger partial charge is 0.495 e. The molecule has 0 radical (unpaired) electrons. The van der Waals surface area contributed by atoms with Crippen molar-refractivity contribution in [2.45, 2.75) is 18.1 Å². The minimum atomic E-state index is -3.60. The molecule has 0 saturated heterocycles. The molecule has 25 heavy (non-hydrogen) atoms. The Morgan fingerprint density at radius 2 is 1.88 bits per heavy atom. The third-order valence-electron chi connectivity index (χ3n) is 3.73. The molecule has 2 heterocycles. The summed E-state index contributed by atoms with van der Waals surface area (Å²) >= 11 is 1.25. The molecular weight excluding hydrogens is 356 g/mol. The first kappa shape index (κ1) is 17.4. The summed E-state index contributed by atoms with van der Waals surface area (Å²) in [6, 6.07) is 12.7. The topological polar surface area (TPSA) is 68.3 Å². The van der Waals surface area contributed by atoms with Crippen LogP contribution in [0.3, 0.4) is 0 Å². The van der Waals surface area contributed by atoms with Crippen molar-refractivity contribution in [3.8, 4) is 17.0 Å². The molecule has 0 saturated carbocycles. The fourth-order valence-electron chi connectivity index (χ4n) is 2.31. The molecule has 130 valence electrons. The van der Waals surface area contributed by atoms with E-state index in [1.165, 1.54) is 11.3 Å². The molecule has 0 bridgehead atoms. The fourth-order valence-corrected chi connectivity index (χ4v) is 4.72. The van der Waals surface area contributed by atoms with Crippen molar-refractivity contribution < 1.29 is 13.2 Å². The van der Waals surface area contributed by atoms with Crippen LogP contribution < -0.4 is 9.46 Å². The average Bonchev–Trinajstić information content (AvgIpc) is 3.04. The van der Waals surface area contributed by atoms with E-state index >= 15 is 0 Å². The van der Waals surface area contributed by atoms with Gasteiger partial charge in [-0.05, 0) is 49.7 Å². The average molecular weight is 374 g/mol. The van der Waals surface area contributed by atoms with Crippen molar-refractivity contribution in [2.24, 2.45) is 0 Å². The van der Waals surface area contributed by atoms with E-state index in [0.29, 0.717) is 15.6 Å². The number of sulfonamides is 1. The maximum Gasteiger partial charge on any atom is 0.271 e. The summed E-state index contributed by atoms with van der Waals surface area (Å²) in [6.45, 7) is 3.74. The molecule has 1 aromatic carbocycles. The van der Waals surface area contributed by atoms with Crippen LogP contribution in [0.15, 0.2) is 52.9 Å². The van der Waals surface area contributed by atoms with Crippen molar-refractivity contribution in [1.82, 2.24) is 4.98 Å². The summed E-state index contributed by atoms with van der Waals surface area (Å²) in [4.78, 5) is 5.30. The van der Waals surface area contributed by atoms with Crippen LogP contribution in [-0.4, -0.2) is 20.5 Å². The Labute approximate surface area is 151 Å². The number of hydrogen-bond acceptors (Lipinski definition) is 5. The minimum absolute atomic E-state index is 0.303. The Kier molecular flexibility index (Phi) is 4.78. The number of nitrogens with one attached hydrogen (secondary N) is 1. The molecule has 0 atom stereocenters. The van der Waals surface area contributed by atoms with E-state index < -0.39 is 10.0 Å². The van der Waals surface area contributed by atoms with Gasteiger partial charge in [0.05, 0.1) is 24.7 Å². The van der Waals surface area contributed by atoms with Gasteiger partial charge in [-0.1, -0.05) is 12.1 Å². The SMILES string of the molecule is COc1ccc(-c2ccc(C)c(NS(=O)(=O)c3ccc(C)s3)c2)nc1. The van der Waals surface area contributed by atoms with Gasteiger partial charge in [-0.3, -0.25) is 9.71 Å². The summed E-state index contributed by atoms with van der Waals surface area (Å²) in [5.41, 5.74) is 2.96. The van der Waals surface area contributed by atoms with Crippen LogP contribution in [0, 0.1) is 13.8 Å². The lowest BCUT2D eigenvalue weighted by atomic mass is 10.1. The molecule has 0 aliphatic carbocycles. The zero-order valence-corrected chi connectivity index (χ0v) is 15.7. The highest BCUT2D eigenvalue weighted by atomic mass is 32.2. The van der Waals surface area contributed by atoms with E-state index in [0.717, 1.165) is 21.7 Å². The lowest BCUT2D eigenvalue weighted by molar-refractivity contribution is 0.413. The molecule has 0 aliphatic heterocycles. The predicted molar refractivity (Wildman–Crippen MR) is 101 cm³/mol. The third kappa shape index (κ3) is 3.83. The molecule has 3 aromatic rings. The van der Waals surface area contributed by atoms with Crippen LogP contribution in [0.2, 0.25) is 0 Å². The highest BCUT2D eigenvalue weighted by Crippen LogP contribution is 2.28. The number of rotatable bonds is 5. The highest BCUT2D eigenvalue weighted by Gasteiger charge is 2.17. The summed E-state index contributed by atoms with van der Waals surface area (Å²) in [5.74, 6) is 0.671. The van der Waals surface area contributed by atoms with E-state index in [-0.39, 0.29) is 0 Å². The van der Waals surface area contributed by atoms with E-state index in [1.54, 1.807) is 31.5 Å². The van der Waals surface area contributed by atoms with Crippen LogP contribution in [-0.2, 0) is 10.0 Å². The zero-order valence-electron chi connectivity index (χ0n) is 14.1. The summed E-state index contributed by atoms with van der Waals surface area (Å²) in [5, 5.41) is 0. The van der Waals surface area contributed by atoms with Crippen LogP contribution in [0.25, 0.3) is 11.3 Å². The Morgan fingerprint density at radius 1 is 1.08 bits per heavy atom. The smallest absolute Gasteiger partial charge is 0.271 e. The van der Waals surface area contributed by atoms with Crippen LogP contribution in [0.5, 0.6) is 5.75 Å². The summed E-state index contributed by atoms with van der Waals surface area (Å²) in [7, 11) is -2.01. The molecule has 0 unspecified atom stereocenters. The Bertz CT molecular complexity index is 993. The van der Waals surface area contributed by atoms with Gasteiger partial charge in [-0.2, -0.15) is 0 Å². The second kappa shape index (κ2) is 6.85. The number of anilines is 1. The van der Waals surface area contributed by atoms with Gasteiger partial charge in [0.25, 0.3) is 10.0 Å². The number of aromatic nitrogens is 1. The quantitative estimate of drug-likeness (QED) is 0.725. The minimum Gasteiger partial charge on any atom is -0.495 e. The molecule has 0 amide bonds. The van der Waals surface area contributed by atoms with Crippen molar-refractivity contribution >= 4 is 27.0 Å². The Balaban J connectivity index is 1.94. The number of ether oxygens (including phenoxy) is 1. The van der Waals surface area contributed by atoms with E-state index in [9.17, 15) is 8.42 Å². The van der Waals surface area contributed by atoms with E-state index in [2.05, 4.69) is 9.71 Å². The van der Waals surface area contributed by atoms with Crippen molar-refractivity contribution in [3.63, 3.8) is 0 Å². The standard InChI is InChI=1S/C18H18N2O3S2/c1-12-4-6-14(16-8-7-15(23-3)11-19-16)10-17(12)20-25(21,22)18-9-5-13(2)24-18/h4-11,20H,1-3H3. The second-order valence-electron chi connectivity index (χ2n) is 5.58. The fraction of sp³-hybridized carbons (Fsp3) is 0.167. The second-order valence-corrected chi connectivity index (χ2v) is 8.78. The van der Waals surface area contributed by atoms with Crippen LogP contribution in [0.4, 0.5) is 5.69 Å². The van der Waals surface area contributed by atoms with Gasteiger partial charge in [0, 0.05) is 10.4 Å². The first-order valence-electron chi connectivity index (χ1n) is 7.59. The molecule has 1 N–H and O–H groups in total. The number of thiophene rings is 1. The van der Waals surface area contributed by atoms with E-state index in [4.69, 9.17) is 4.74 Å². The number of hydrogen-bond donors (Lipinski definition) is 1. The molecule has 2 aromatic heterocycles. The molecule has 0 fully saturated rings. The maximum atomic E-state index is 12.6. The number of nitrogens with zero attached hydrogens (tertiary/aromatic N) is 1. The first-order valence-corrected chi connectivity index (χ1v) is 9.89. The summed E-state index contributed by atoms with van der Waals surface area (Å²) in [6.07, 6.45) is 1.63. The van der Waals surface area contributed by atoms with Gasteiger partial charge in [-0.25, -0.2) is 8.42 Å². The number of benzene rings is 1. The highest BCUT2D eigenvalue weighted by molar-refractivity contribution is 7.94. The predicted octanol–water partition coefficient (Wildman–Crippen LogP) is 4.24. The number of pyridine rings is 1. The monoisotopic (exact) mass is 374 g/mol. The maximum absolute atomic E-state index is 12.6. The normalized spacial score (nSPS) is 11.3. The number of aryl methyl sites for hydroxylation is 2. The van der Waals surface area contributed by atoms with Crippen LogP contribution in [0.1, 0.15) is 10.4 Å². The van der Waals surface area contributed by atoms with Gasteiger partial charge in [0.1, 0.15) is 9.96 Å². The van der Waals surface area contributed by atoms with Crippen molar-refractivity contribution in [3.05, 3.63) is 59.1 Å². The number of methoxy groups -OCH3 is 1. The summed E-state index contributed by atoms with van der Waals surface area (Å²) < 4.78 is 33.2. The van der Waals surface area contributed by atoms with Gasteiger partial charge in [-0.15, -0.1) is 11.3 Å². The van der Waals surface area contributed by atoms with Gasteiger partial charge in [0.15, 0.2) is 0 Å². The van der Waals surface area contributed by atoms with E-state index in [1.807, 2.05) is 38.1 Å². The van der Waals surface area contributed by atoms with Gasteiger partial charge in [0.2, 0.25) is 0 Å². The lowest BCUT2D eigenvalue weighted by Gasteiger charge is -2.11. The van der Waals surface area contributed by atoms with Gasteiger partial charge < -0.3 is 4.74 Å². The Hall–Kier alpha value is -2.38. The molecule has 7 heteroatoms. The molecular formula is C18H18N2O3S2.